The Kier molecular flexibility index (Phi) is 6.74. The lowest BCUT2D eigenvalue weighted by molar-refractivity contribution is -0.144. The fraction of sp³-hybridized carbons (Fsp3) is 0.500. The number of thioether (sulfide) groups is 1. The molecule has 1 fully saturated rings. The van der Waals surface area contributed by atoms with Crippen molar-refractivity contribution in [3.63, 3.8) is 0 Å². The molecule has 1 amide bonds. The van der Waals surface area contributed by atoms with Crippen molar-refractivity contribution < 1.29 is 19.4 Å². The van der Waals surface area contributed by atoms with E-state index in [1.807, 2.05) is 30.3 Å². The Labute approximate surface area is 134 Å². The summed E-state index contributed by atoms with van der Waals surface area (Å²) < 4.78 is 5.26. The number of carbonyl (C=O) groups is 2. The molecule has 2 rings (SSSR count). The first-order valence-electron chi connectivity index (χ1n) is 7.42. The molecule has 1 aliphatic rings. The van der Waals surface area contributed by atoms with Crippen LogP contribution in [-0.4, -0.2) is 42.5 Å². The average molecular weight is 323 g/mol. The van der Waals surface area contributed by atoms with Crippen LogP contribution in [0.25, 0.3) is 0 Å². The topological polar surface area (TPSA) is 75.6 Å². The zero-order chi connectivity index (χ0) is 15.8. The van der Waals surface area contributed by atoms with E-state index < -0.39 is 11.9 Å². The van der Waals surface area contributed by atoms with Crippen LogP contribution in [0.2, 0.25) is 0 Å². The van der Waals surface area contributed by atoms with E-state index in [9.17, 15) is 14.7 Å². The molecule has 1 unspecified atom stereocenters. The molecule has 0 aromatic heterocycles. The van der Waals surface area contributed by atoms with Gasteiger partial charge in [0.1, 0.15) is 0 Å². The van der Waals surface area contributed by atoms with Gasteiger partial charge < -0.3 is 15.2 Å². The summed E-state index contributed by atoms with van der Waals surface area (Å²) in [7, 11) is 0. The second kappa shape index (κ2) is 8.80. The number of carboxylic acid groups (broad SMARTS) is 1. The van der Waals surface area contributed by atoms with E-state index in [0.717, 1.165) is 17.7 Å². The Bertz CT molecular complexity index is 488. The van der Waals surface area contributed by atoms with E-state index in [4.69, 9.17) is 4.74 Å². The SMILES string of the molecule is O=C(CSc1ccccc1)NCC(C(=O)O)C1CCOCC1. The Hall–Kier alpha value is -1.53. The standard InChI is InChI=1S/C16H21NO4S/c18-15(11-22-13-4-2-1-3-5-13)17-10-14(16(19)20)12-6-8-21-9-7-12/h1-5,12,14H,6-11H2,(H,17,18)(H,19,20). The van der Waals surface area contributed by atoms with E-state index >= 15 is 0 Å². The lowest BCUT2D eigenvalue weighted by Crippen LogP contribution is -2.39. The highest BCUT2D eigenvalue weighted by Gasteiger charge is 2.29. The smallest absolute Gasteiger partial charge is 0.308 e. The Morgan fingerprint density at radius 2 is 1.95 bits per heavy atom. The van der Waals surface area contributed by atoms with Crippen molar-refractivity contribution in [3.8, 4) is 0 Å². The maximum atomic E-state index is 11.9. The van der Waals surface area contributed by atoms with E-state index in [1.165, 1.54) is 11.8 Å². The zero-order valence-corrected chi connectivity index (χ0v) is 13.2. The average Bonchev–Trinajstić information content (AvgIpc) is 2.55. The zero-order valence-electron chi connectivity index (χ0n) is 12.4. The van der Waals surface area contributed by atoms with Crippen LogP contribution in [0.4, 0.5) is 0 Å². The minimum atomic E-state index is -0.845. The minimum absolute atomic E-state index is 0.0772. The molecule has 0 aliphatic carbocycles. The highest BCUT2D eigenvalue weighted by molar-refractivity contribution is 8.00. The summed E-state index contributed by atoms with van der Waals surface area (Å²) >= 11 is 1.44. The summed E-state index contributed by atoms with van der Waals surface area (Å²) in [5, 5.41) is 12.1. The van der Waals surface area contributed by atoms with Crippen molar-refractivity contribution in [2.24, 2.45) is 11.8 Å². The van der Waals surface area contributed by atoms with Gasteiger partial charge in [-0.3, -0.25) is 9.59 Å². The Morgan fingerprint density at radius 3 is 2.59 bits per heavy atom. The van der Waals surface area contributed by atoms with Crippen LogP contribution < -0.4 is 5.32 Å². The van der Waals surface area contributed by atoms with Gasteiger partial charge in [-0.1, -0.05) is 18.2 Å². The summed E-state index contributed by atoms with van der Waals surface area (Å²) in [6.07, 6.45) is 1.48. The largest absolute Gasteiger partial charge is 0.481 e. The number of benzene rings is 1. The number of carbonyl (C=O) groups excluding carboxylic acids is 1. The number of carboxylic acids is 1. The van der Waals surface area contributed by atoms with Crippen molar-refractivity contribution in [1.29, 1.82) is 0 Å². The van der Waals surface area contributed by atoms with Gasteiger partial charge in [-0.05, 0) is 30.9 Å². The number of aliphatic carboxylic acids is 1. The number of rotatable bonds is 7. The maximum absolute atomic E-state index is 11.9. The van der Waals surface area contributed by atoms with Gasteiger partial charge >= 0.3 is 5.97 Å². The number of hydrogen-bond donors (Lipinski definition) is 2. The summed E-state index contributed by atoms with van der Waals surface area (Å²) in [4.78, 5) is 24.3. The molecular formula is C16H21NO4S. The minimum Gasteiger partial charge on any atom is -0.481 e. The fourth-order valence-corrected chi connectivity index (χ4v) is 3.26. The lowest BCUT2D eigenvalue weighted by atomic mass is 9.86. The molecule has 1 aromatic rings. The van der Waals surface area contributed by atoms with E-state index in [2.05, 4.69) is 5.32 Å². The van der Waals surface area contributed by atoms with Gasteiger partial charge in [0.2, 0.25) is 5.91 Å². The van der Waals surface area contributed by atoms with Gasteiger partial charge in [0.25, 0.3) is 0 Å². The molecule has 1 aliphatic heterocycles. The molecular weight excluding hydrogens is 302 g/mol. The van der Waals surface area contributed by atoms with Gasteiger partial charge in [0, 0.05) is 24.7 Å². The summed E-state index contributed by atoms with van der Waals surface area (Å²) in [5.41, 5.74) is 0. The Morgan fingerprint density at radius 1 is 1.27 bits per heavy atom. The Balaban J connectivity index is 1.76. The van der Waals surface area contributed by atoms with Crippen LogP contribution in [0.1, 0.15) is 12.8 Å². The van der Waals surface area contributed by atoms with E-state index in [-0.39, 0.29) is 18.4 Å². The van der Waals surface area contributed by atoms with Gasteiger partial charge in [0.05, 0.1) is 11.7 Å². The molecule has 0 spiro atoms. The highest BCUT2D eigenvalue weighted by atomic mass is 32.2. The predicted molar refractivity (Wildman–Crippen MR) is 84.8 cm³/mol. The van der Waals surface area contributed by atoms with Gasteiger partial charge in [-0.2, -0.15) is 0 Å². The van der Waals surface area contributed by atoms with Gasteiger partial charge in [0.15, 0.2) is 0 Å². The van der Waals surface area contributed by atoms with E-state index in [0.29, 0.717) is 19.0 Å². The van der Waals surface area contributed by atoms with Gasteiger partial charge in [-0.15, -0.1) is 11.8 Å². The molecule has 6 heteroatoms. The number of ether oxygens (including phenoxy) is 1. The molecule has 5 nitrogen and oxygen atoms in total. The molecule has 1 atom stereocenters. The normalized spacial score (nSPS) is 16.9. The monoisotopic (exact) mass is 323 g/mol. The van der Waals surface area contributed by atoms with Crippen LogP contribution in [0.15, 0.2) is 35.2 Å². The molecule has 1 saturated heterocycles. The third-order valence-corrected chi connectivity index (χ3v) is 4.80. The number of hydrogen-bond acceptors (Lipinski definition) is 4. The van der Waals surface area contributed by atoms with Crippen molar-refractivity contribution in [3.05, 3.63) is 30.3 Å². The summed E-state index contributed by atoms with van der Waals surface area (Å²) in [6, 6.07) is 9.66. The van der Waals surface area contributed by atoms with Gasteiger partial charge in [-0.25, -0.2) is 0 Å². The van der Waals surface area contributed by atoms with Crippen LogP contribution in [0.5, 0.6) is 0 Å². The summed E-state index contributed by atoms with van der Waals surface area (Å²) in [6.45, 7) is 1.40. The number of amides is 1. The molecule has 1 heterocycles. The predicted octanol–water partition coefficient (Wildman–Crippen LogP) is 2.02. The molecule has 2 N–H and O–H groups in total. The van der Waals surface area contributed by atoms with Crippen molar-refractivity contribution in [1.82, 2.24) is 5.32 Å². The van der Waals surface area contributed by atoms with E-state index in [1.54, 1.807) is 0 Å². The van der Waals surface area contributed by atoms with Crippen molar-refractivity contribution in [2.45, 2.75) is 17.7 Å². The number of nitrogens with one attached hydrogen (secondary N) is 1. The second-order valence-corrected chi connectivity index (χ2v) is 6.35. The highest BCUT2D eigenvalue weighted by Crippen LogP contribution is 2.24. The van der Waals surface area contributed by atoms with Crippen molar-refractivity contribution in [2.75, 3.05) is 25.5 Å². The van der Waals surface area contributed by atoms with Crippen molar-refractivity contribution >= 4 is 23.6 Å². The second-order valence-electron chi connectivity index (χ2n) is 5.30. The maximum Gasteiger partial charge on any atom is 0.308 e. The van der Waals surface area contributed by atoms with Crippen LogP contribution in [-0.2, 0) is 14.3 Å². The summed E-state index contributed by atoms with van der Waals surface area (Å²) in [5.74, 6) is -1.14. The molecule has 22 heavy (non-hydrogen) atoms. The third kappa shape index (κ3) is 5.35. The lowest BCUT2D eigenvalue weighted by Gasteiger charge is -2.27. The molecule has 0 bridgehead atoms. The van der Waals surface area contributed by atoms with Crippen LogP contribution in [0.3, 0.4) is 0 Å². The van der Waals surface area contributed by atoms with Crippen LogP contribution >= 0.6 is 11.8 Å². The first-order chi connectivity index (χ1) is 10.7. The first kappa shape index (κ1) is 16.8. The molecule has 1 aromatic carbocycles. The fourth-order valence-electron chi connectivity index (χ4n) is 2.51. The van der Waals surface area contributed by atoms with Crippen LogP contribution in [0, 0.1) is 11.8 Å². The first-order valence-corrected chi connectivity index (χ1v) is 8.40. The third-order valence-electron chi connectivity index (χ3n) is 3.78. The molecule has 0 radical (unpaired) electrons. The molecule has 120 valence electrons. The molecule has 0 saturated carbocycles. The quantitative estimate of drug-likeness (QED) is 0.751.